The molecule has 3 nitrogen and oxygen atoms in total. The normalized spacial score (nSPS) is 23.1. The maximum Gasteiger partial charge on any atom is 0.321 e. The van der Waals surface area contributed by atoms with Crippen molar-refractivity contribution in [3.8, 4) is 0 Å². The summed E-state index contributed by atoms with van der Waals surface area (Å²) in [5.74, 6) is -0.688. The van der Waals surface area contributed by atoms with E-state index in [1.807, 2.05) is 24.4 Å². The van der Waals surface area contributed by atoms with E-state index >= 15 is 0 Å². The van der Waals surface area contributed by atoms with E-state index in [2.05, 4.69) is 0 Å². The van der Waals surface area contributed by atoms with E-state index in [1.165, 1.54) is 11.9 Å². The first-order chi connectivity index (χ1) is 5.75. The molecule has 0 aromatic heterocycles. The van der Waals surface area contributed by atoms with E-state index in [0.717, 1.165) is 19.4 Å². The smallest absolute Gasteiger partial charge is 0.321 e. The van der Waals surface area contributed by atoms with Gasteiger partial charge in [-0.05, 0) is 19.1 Å². The van der Waals surface area contributed by atoms with Crippen molar-refractivity contribution in [2.75, 3.05) is 12.8 Å². The zero-order valence-electron chi connectivity index (χ0n) is 7.91. The lowest BCUT2D eigenvalue weighted by Crippen LogP contribution is -2.30. The maximum atomic E-state index is 10.5. The van der Waals surface area contributed by atoms with Crippen LogP contribution in [0, 0.1) is 0 Å². The summed E-state index contributed by atoms with van der Waals surface area (Å²) >= 11 is 1.52. The van der Waals surface area contributed by atoms with Gasteiger partial charge in [-0.15, -0.1) is 0 Å². The van der Waals surface area contributed by atoms with Crippen LogP contribution in [0.15, 0.2) is 0 Å². The molecule has 1 heterocycles. The number of carbonyl (C=O) groups is 1. The monoisotopic (exact) mass is 191 g/mol. The molecule has 0 saturated carbocycles. The molecule has 12 heavy (non-hydrogen) atoms. The average Bonchev–Trinajstić information content (AvgIpc) is 2.55. The standard InChI is InChI=1S/C6H11NO2S.C2H6/c1-10-7-4-2-3-5(7)6(8)9;1-2/h5H,2-4H2,1H3,(H,8,9);1-2H3. The van der Waals surface area contributed by atoms with Crippen molar-refractivity contribution in [3.05, 3.63) is 0 Å². The van der Waals surface area contributed by atoms with Crippen molar-refractivity contribution in [2.24, 2.45) is 0 Å². The predicted molar refractivity (Wildman–Crippen MR) is 52.2 cm³/mol. The lowest BCUT2D eigenvalue weighted by Gasteiger charge is -2.16. The Morgan fingerprint density at radius 1 is 1.58 bits per heavy atom. The summed E-state index contributed by atoms with van der Waals surface area (Å²) in [7, 11) is 0. The van der Waals surface area contributed by atoms with Crippen molar-refractivity contribution >= 4 is 17.9 Å². The summed E-state index contributed by atoms with van der Waals surface area (Å²) in [4.78, 5) is 10.5. The van der Waals surface area contributed by atoms with Gasteiger partial charge >= 0.3 is 5.97 Å². The maximum absolute atomic E-state index is 10.5. The van der Waals surface area contributed by atoms with Gasteiger partial charge in [0.25, 0.3) is 0 Å². The van der Waals surface area contributed by atoms with E-state index in [1.54, 1.807) is 0 Å². The summed E-state index contributed by atoms with van der Waals surface area (Å²) in [6.45, 7) is 4.91. The van der Waals surface area contributed by atoms with Gasteiger partial charge in [-0.1, -0.05) is 25.8 Å². The molecule has 0 aliphatic carbocycles. The largest absolute Gasteiger partial charge is 0.480 e. The Morgan fingerprint density at radius 2 is 2.17 bits per heavy atom. The fraction of sp³-hybridized carbons (Fsp3) is 0.875. The number of aliphatic carboxylic acids is 1. The van der Waals surface area contributed by atoms with Crippen LogP contribution >= 0.6 is 11.9 Å². The van der Waals surface area contributed by atoms with E-state index in [9.17, 15) is 4.79 Å². The second-order valence-corrected chi connectivity index (χ2v) is 3.15. The minimum Gasteiger partial charge on any atom is -0.480 e. The number of nitrogens with zero attached hydrogens (tertiary/aromatic N) is 1. The molecule has 1 atom stereocenters. The zero-order chi connectivity index (χ0) is 9.56. The first-order valence-electron chi connectivity index (χ1n) is 4.29. The summed E-state index contributed by atoms with van der Waals surface area (Å²) in [6, 6.07) is -0.241. The fourth-order valence-corrected chi connectivity index (χ4v) is 1.97. The highest BCUT2D eigenvalue weighted by molar-refractivity contribution is 7.96. The molecule has 4 heteroatoms. The summed E-state index contributed by atoms with van der Waals surface area (Å²) < 4.78 is 1.92. The van der Waals surface area contributed by atoms with Crippen LogP contribution in [0.5, 0.6) is 0 Å². The first-order valence-corrected chi connectivity index (χ1v) is 5.47. The van der Waals surface area contributed by atoms with Crippen LogP contribution in [0.4, 0.5) is 0 Å². The topological polar surface area (TPSA) is 40.5 Å². The molecule has 1 fully saturated rings. The number of rotatable bonds is 2. The zero-order valence-corrected chi connectivity index (χ0v) is 8.73. The highest BCUT2D eigenvalue weighted by atomic mass is 32.2. The Balaban J connectivity index is 0.000000561. The fourth-order valence-electron chi connectivity index (χ4n) is 1.21. The number of hydrogen-bond acceptors (Lipinski definition) is 3. The van der Waals surface area contributed by atoms with E-state index in [-0.39, 0.29) is 6.04 Å². The van der Waals surface area contributed by atoms with Crippen molar-refractivity contribution in [3.63, 3.8) is 0 Å². The summed E-state index contributed by atoms with van der Waals surface area (Å²) in [5, 5.41) is 8.66. The van der Waals surface area contributed by atoms with E-state index in [0.29, 0.717) is 0 Å². The molecular formula is C8H17NO2S. The van der Waals surface area contributed by atoms with Crippen molar-refractivity contribution < 1.29 is 9.90 Å². The molecule has 1 rings (SSSR count). The molecule has 1 unspecified atom stereocenters. The lowest BCUT2D eigenvalue weighted by molar-refractivity contribution is -0.140. The first kappa shape index (κ1) is 11.8. The minimum absolute atomic E-state index is 0.241. The van der Waals surface area contributed by atoms with Gasteiger partial charge in [0.2, 0.25) is 0 Å². The predicted octanol–water partition coefficient (Wildman–Crippen LogP) is 1.84. The summed E-state index contributed by atoms with van der Waals surface area (Å²) in [6.07, 6.45) is 3.73. The molecule has 1 N–H and O–H groups in total. The van der Waals surface area contributed by atoms with Gasteiger partial charge in [0.15, 0.2) is 0 Å². The van der Waals surface area contributed by atoms with Gasteiger partial charge in [0.1, 0.15) is 6.04 Å². The SMILES string of the molecule is CC.CSN1CCCC1C(=O)O. The Labute approximate surface area is 78.3 Å². The van der Waals surface area contributed by atoms with Gasteiger partial charge in [-0.2, -0.15) is 0 Å². The van der Waals surface area contributed by atoms with E-state index < -0.39 is 5.97 Å². The van der Waals surface area contributed by atoms with Crippen molar-refractivity contribution in [2.45, 2.75) is 32.7 Å². The average molecular weight is 191 g/mol. The van der Waals surface area contributed by atoms with E-state index in [4.69, 9.17) is 5.11 Å². The van der Waals surface area contributed by atoms with Gasteiger partial charge in [-0.25, -0.2) is 4.31 Å². The molecule has 0 bridgehead atoms. The van der Waals surface area contributed by atoms with Crippen LogP contribution in [0.25, 0.3) is 0 Å². The van der Waals surface area contributed by atoms with Crippen LogP contribution < -0.4 is 0 Å². The van der Waals surface area contributed by atoms with Crippen LogP contribution in [-0.2, 0) is 4.79 Å². The lowest BCUT2D eigenvalue weighted by atomic mass is 10.2. The molecule has 1 saturated heterocycles. The molecule has 0 radical (unpaired) electrons. The third-order valence-corrected chi connectivity index (χ3v) is 2.63. The number of carboxylic acid groups (broad SMARTS) is 1. The third-order valence-electron chi connectivity index (χ3n) is 1.72. The Bertz CT molecular complexity index is 141. The third kappa shape index (κ3) is 3.03. The van der Waals surface area contributed by atoms with Gasteiger partial charge < -0.3 is 5.11 Å². The molecule has 0 amide bonds. The van der Waals surface area contributed by atoms with Crippen molar-refractivity contribution in [1.82, 2.24) is 4.31 Å². The van der Waals surface area contributed by atoms with Gasteiger partial charge in [0.05, 0.1) is 0 Å². The second-order valence-electron chi connectivity index (χ2n) is 2.32. The molecule has 0 spiro atoms. The summed E-state index contributed by atoms with van der Waals surface area (Å²) in [5.41, 5.74) is 0. The quantitative estimate of drug-likeness (QED) is 0.676. The Hall–Kier alpha value is -0.220. The van der Waals surface area contributed by atoms with Crippen LogP contribution in [0.2, 0.25) is 0 Å². The minimum atomic E-state index is -0.688. The molecular weight excluding hydrogens is 174 g/mol. The van der Waals surface area contributed by atoms with Crippen LogP contribution in [0.1, 0.15) is 26.7 Å². The highest BCUT2D eigenvalue weighted by Crippen LogP contribution is 2.23. The molecule has 1 aliphatic heterocycles. The van der Waals surface area contributed by atoms with Gasteiger partial charge in [0, 0.05) is 6.54 Å². The Kier molecular flexibility index (Phi) is 6.20. The Morgan fingerprint density at radius 3 is 2.50 bits per heavy atom. The second kappa shape index (κ2) is 6.31. The molecule has 1 aliphatic rings. The highest BCUT2D eigenvalue weighted by Gasteiger charge is 2.29. The molecule has 0 aromatic rings. The van der Waals surface area contributed by atoms with Gasteiger partial charge in [-0.3, -0.25) is 4.79 Å². The number of hydrogen-bond donors (Lipinski definition) is 1. The molecule has 0 aromatic carbocycles. The number of carboxylic acids is 1. The van der Waals surface area contributed by atoms with Crippen LogP contribution in [-0.4, -0.2) is 34.2 Å². The van der Waals surface area contributed by atoms with Crippen molar-refractivity contribution in [1.29, 1.82) is 0 Å². The molecule has 72 valence electrons. The van der Waals surface area contributed by atoms with Crippen LogP contribution in [0.3, 0.4) is 0 Å².